The number of ether oxygens (including phenoxy) is 1. The number of hydrogen-bond acceptors (Lipinski definition) is 3. The molecule has 2 N–H and O–H groups in total. The van der Waals surface area contributed by atoms with E-state index in [1.807, 2.05) is 36.4 Å². The van der Waals surface area contributed by atoms with Crippen LogP contribution in [0.25, 0.3) is 0 Å². The third-order valence-electron chi connectivity index (χ3n) is 3.05. The van der Waals surface area contributed by atoms with Gasteiger partial charge in [-0.2, -0.15) is 0 Å². The summed E-state index contributed by atoms with van der Waals surface area (Å²) >= 11 is 3.43. The van der Waals surface area contributed by atoms with E-state index in [4.69, 9.17) is 0 Å². The molecule has 5 heteroatoms. The molecule has 2 rings (SSSR count). The average molecular weight is 349 g/mol. The Hall–Kier alpha value is -2.01. The van der Waals surface area contributed by atoms with Crippen molar-refractivity contribution < 1.29 is 9.53 Å². The Labute approximate surface area is 132 Å². The number of halogens is 1. The van der Waals surface area contributed by atoms with Crippen LogP contribution in [0.1, 0.15) is 18.5 Å². The Kier molecular flexibility index (Phi) is 5.22. The summed E-state index contributed by atoms with van der Waals surface area (Å²) in [6, 6.07) is 15.8. The molecule has 0 aliphatic heterocycles. The summed E-state index contributed by atoms with van der Waals surface area (Å²) in [5, 5.41) is 6.05. The van der Waals surface area contributed by atoms with Gasteiger partial charge in [-0.25, -0.2) is 4.79 Å². The van der Waals surface area contributed by atoms with Crippen molar-refractivity contribution in [3.05, 3.63) is 58.6 Å². The van der Waals surface area contributed by atoms with Gasteiger partial charge in [-0.05, 0) is 42.8 Å². The highest BCUT2D eigenvalue weighted by molar-refractivity contribution is 9.10. The van der Waals surface area contributed by atoms with Crippen LogP contribution in [0.5, 0.6) is 0 Å². The summed E-state index contributed by atoms with van der Waals surface area (Å²) in [6.07, 6.45) is -0.479. The van der Waals surface area contributed by atoms with Crippen molar-refractivity contribution in [1.29, 1.82) is 0 Å². The topological polar surface area (TPSA) is 50.4 Å². The Morgan fingerprint density at radius 3 is 2.48 bits per heavy atom. The van der Waals surface area contributed by atoms with Crippen LogP contribution in [0.15, 0.2) is 53.0 Å². The summed E-state index contributed by atoms with van der Waals surface area (Å²) in [7, 11) is 1.34. The van der Waals surface area contributed by atoms with Gasteiger partial charge in [-0.15, -0.1) is 0 Å². The highest BCUT2D eigenvalue weighted by Crippen LogP contribution is 2.23. The predicted molar refractivity (Wildman–Crippen MR) is 88.6 cm³/mol. The molecule has 21 heavy (non-hydrogen) atoms. The normalized spacial score (nSPS) is 11.6. The average Bonchev–Trinajstić information content (AvgIpc) is 2.48. The minimum Gasteiger partial charge on any atom is -0.453 e. The van der Waals surface area contributed by atoms with Gasteiger partial charge >= 0.3 is 6.09 Å². The molecule has 0 heterocycles. The lowest BCUT2D eigenvalue weighted by Crippen LogP contribution is -2.11. The van der Waals surface area contributed by atoms with E-state index >= 15 is 0 Å². The second-order valence-corrected chi connectivity index (χ2v) is 5.53. The zero-order chi connectivity index (χ0) is 15.2. The Bertz CT molecular complexity index is 614. The Balaban J connectivity index is 2.06. The lowest BCUT2D eigenvalue weighted by molar-refractivity contribution is 0.187. The molecule has 0 bridgehead atoms. The maximum atomic E-state index is 11.2. The Morgan fingerprint density at radius 2 is 1.81 bits per heavy atom. The van der Waals surface area contributed by atoms with E-state index in [1.165, 1.54) is 12.7 Å². The summed E-state index contributed by atoms with van der Waals surface area (Å²) in [5.41, 5.74) is 2.80. The smallest absolute Gasteiger partial charge is 0.411 e. The van der Waals surface area contributed by atoms with Crippen molar-refractivity contribution in [3.8, 4) is 0 Å². The third kappa shape index (κ3) is 4.49. The molecule has 0 fully saturated rings. The summed E-state index contributed by atoms with van der Waals surface area (Å²) in [5.74, 6) is 0. The molecule has 0 aromatic heterocycles. The van der Waals surface area contributed by atoms with E-state index in [-0.39, 0.29) is 6.04 Å². The number of methoxy groups -OCH3 is 1. The van der Waals surface area contributed by atoms with Gasteiger partial charge in [0.05, 0.1) is 7.11 Å². The third-order valence-corrected chi connectivity index (χ3v) is 3.58. The molecule has 0 spiro atoms. The molecule has 4 nitrogen and oxygen atoms in total. The second-order valence-electron chi connectivity index (χ2n) is 4.61. The van der Waals surface area contributed by atoms with Crippen LogP contribution in [-0.4, -0.2) is 13.2 Å². The second kappa shape index (κ2) is 7.13. The monoisotopic (exact) mass is 348 g/mol. The molecule has 0 radical (unpaired) electrons. The van der Waals surface area contributed by atoms with E-state index < -0.39 is 6.09 Å². The van der Waals surface area contributed by atoms with Crippen LogP contribution in [0.4, 0.5) is 16.2 Å². The first-order chi connectivity index (χ1) is 10.1. The molecule has 0 aliphatic carbocycles. The quantitative estimate of drug-likeness (QED) is 0.834. The molecule has 1 amide bonds. The summed E-state index contributed by atoms with van der Waals surface area (Å²) in [4.78, 5) is 11.2. The van der Waals surface area contributed by atoms with E-state index in [0.29, 0.717) is 5.69 Å². The number of carbonyl (C=O) groups excluding carboxylic acids is 1. The molecule has 0 aliphatic rings. The van der Waals surface area contributed by atoms with Gasteiger partial charge in [-0.3, -0.25) is 5.32 Å². The fourth-order valence-electron chi connectivity index (χ4n) is 1.94. The van der Waals surface area contributed by atoms with Crippen molar-refractivity contribution in [1.82, 2.24) is 0 Å². The zero-order valence-electron chi connectivity index (χ0n) is 11.9. The van der Waals surface area contributed by atoms with Crippen LogP contribution in [0, 0.1) is 0 Å². The number of nitrogens with one attached hydrogen (secondary N) is 2. The van der Waals surface area contributed by atoms with E-state index in [0.717, 1.165) is 10.2 Å². The number of anilines is 2. The van der Waals surface area contributed by atoms with Gasteiger partial charge in [0.25, 0.3) is 0 Å². The highest BCUT2D eigenvalue weighted by atomic mass is 79.9. The number of hydrogen-bond donors (Lipinski definition) is 2. The predicted octanol–water partition coefficient (Wildman–Crippen LogP) is 4.80. The lowest BCUT2D eigenvalue weighted by Gasteiger charge is -2.16. The van der Waals surface area contributed by atoms with Crippen molar-refractivity contribution in [2.75, 3.05) is 17.7 Å². The first-order valence-electron chi connectivity index (χ1n) is 6.55. The molecular formula is C16H17BrN2O2. The minimum atomic E-state index is -0.479. The number of carbonyl (C=O) groups is 1. The molecule has 2 aromatic rings. The maximum Gasteiger partial charge on any atom is 0.411 e. The molecule has 110 valence electrons. The van der Waals surface area contributed by atoms with Gasteiger partial charge in [0.2, 0.25) is 0 Å². The van der Waals surface area contributed by atoms with Crippen molar-refractivity contribution in [2.24, 2.45) is 0 Å². The molecule has 1 unspecified atom stereocenters. The molecule has 2 aromatic carbocycles. The van der Waals surface area contributed by atoms with Crippen LogP contribution < -0.4 is 10.6 Å². The van der Waals surface area contributed by atoms with Gasteiger partial charge in [-0.1, -0.05) is 34.1 Å². The van der Waals surface area contributed by atoms with Crippen LogP contribution in [0.3, 0.4) is 0 Å². The van der Waals surface area contributed by atoms with Gasteiger partial charge in [0.1, 0.15) is 0 Å². The van der Waals surface area contributed by atoms with Gasteiger partial charge in [0, 0.05) is 21.9 Å². The maximum absolute atomic E-state index is 11.2. The zero-order valence-corrected chi connectivity index (χ0v) is 13.5. The van der Waals surface area contributed by atoms with E-state index in [1.54, 1.807) is 0 Å². The minimum absolute atomic E-state index is 0.159. The fourth-order valence-corrected chi connectivity index (χ4v) is 2.20. The first kappa shape index (κ1) is 15.4. The van der Waals surface area contributed by atoms with Gasteiger partial charge in [0.15, 0.2) is 0 Å². The molecule has 0 saturated heterocycles. The van der Waals surface area contributed by atoms with Gasteiger partial charge < -0.3 is 10.1 Å². The van der Waals surface area contributed by atoms with E-state index in [9.17, 15) is 4.79 Å². The highest BCUT2D eigenvalue weighted by Gasteiger charge is 2.06. The molecule has 0 saturated carbocycles. The number of amides is 1. The standard InChI is InChI=1S/C16H17BrN2O2/c1-11(12-6-8-13(17)9-7-12)18-14-4-3-5-15(10-14)19-16(20)21-2/h3-11,18H,1-2H3,(H,19,20). The van der Waals surface area contributed by atoms with Crippen LogP contribution in [-0.2, 0) is 4.74 Å². The molecule has 1 atom stereocenters. The largest absolute Gasteiger partial charge is 0.453 e. The number of benzene rings is 2. The molecular weight excluding hydrogens is 332 g/mol. The fraction of sp³-hybridized carbons (Fsp3) is 0.188. The van der Waals surface area contributed by atoms with Crippen LogP contribution in [0.2, 0.25) is 0 Å². The summed E-state index contributed by atoms with van der Waals surface area (Å²) in [6.45, 7) is 2.09. The SMILES string of the molecule is COC(=O)Nc1cccc(NC(C)c2ccc(Br)cc2)c1. The lowest BCUT2D eigenvalue weighted by atomic mass is 10.1. The number of rotatable bonds is 4. The van der Waals surface area contributed by atoms with Crippen molar-refractivity contribution in [3.63, 3.8) is 0 Å². The van der Waals surface area contributed by atoms with Crippen molar-refractivity contribution in [2.45, 2.75) is 13.0 Å². The van der Waals surface area contributed by atoms with Crippen LogP contribution >= 0.6 is 15.9 Å². The van der Waals surface area contributed by atoms with Crippen molar-refractivity contribution >= 4 is 33.4 Å². The van der Waals surface area contributed by atoms with E-state index in [2.05, 4.69) is 50.4 Å². The Morgan fingerprint density at radius 1 is 1.14 bits per heavy atom. The summed E-state index contributed by atoms with van der Waals surface area (Å²) < 4.78 is 5.64. The first-order valence-corrected chi connectivity index (χ1v) is 7.35.